The summed E-state index contributed by atoms with van der Waals surface area (Å²) in [6, 6.07) is 5.45. The predicted octanol–water partition coefficient (Wildman–Crippen LogP) is 3.63. The molecule has 136 valence electrons. The molecule has 1 aromatic carbocycles. The van der Waals surface area contributed by atoms with Crippen LogP contribution in [0.2, 0.25) is 0 Å². The summed E-state index contributed by atoms with van der Waals surface area (Å²) < 4.78 is 33.4. The van der Waals surface area contributed by atoms with Crippen molar-refractivity contribution in [3.8, 4) is 0 Å². The van der Waals surface area contributed by atoms with Crippen molar-refractivity contribution < 1.29 is 12.8 Å². The van der Waals surface area contributed by atoms with Crippen molar-refractivity contribution in [2.75, 3.05) is 6.54 Å². The fraction of sp³-hybridized carbons (Fsp3) is 0.526. The van der Waals surface area contributed by atoms with Gasteiger partial charge in [0, 0.05) is 19.4 Å². The van der Waals surface area contributed by atoms with Gasteiger partial charge in [-0.2, -0.15) is 4.31 Å². The number of sulfonamides is 1. The molecule has 0 N–H and O–H groups in total. The molecular weight excluding hydrogens is 336 g/mol. The maximum atomic E-state index is 13.0. The largest absolute Gasteiger partial charge is 0.445 e. The monoisotopic (exact) mass is 362 g/mol. The first kappa shape index (κ1) is 18.1. The molecule has 0 amide bonds. The van der Waals surface area contributed by atoms with Crippen molar-refractivity contribution in [2.24, 2.45) is 5.92 Å². The van der Waals surface area contributed by atoms with E-state index in [4.69, 9.17) is 4.42 Å². The molecule has 0 atom stereocenters. The van der Waals surface area contributed by atoms with Crippen molar-refractivity contribution >= 4 is 10.0 Å². The average Bonchev–Trinajstić information content (AvgIpc) is 2.94. The Labute approximate surface area is 150 Å². The Bertz CT molecular complexity index is 869. The number of rotatable bonds is 5. The van der Waals surface area contributed by atoms with Gasteiger partial charge in [0.2, 0.25) is 10.0 Å². The lowest BCUT2D eigenvalue weighted by Gasteiger charge is -2.25. The van der Waals surface area contributed by atoms with E-state index in [0.29, 0.717) is 23.8 Å². The molecule has 0 aliphatic carbocycles. The number of oxazole rings is 1. The second kappa shape index (κ2) is 6.92. The third kappa shape index (κ3) is 3.80. The van der Waals surface area contributed by atoms with Gasteiger partial charge >= 0.3 is 0 Å². The van der Waals surface area contributed by atoms with E-state index in [9.17, 15) is 8.42 Å². The van der Waals surface area contributed by atoms with Gasteiger partial charge in [-0.1, -0.05) is 31.5 Å². The fourth-order valence-electron chi connectivity index (χ4n) is 3.18. The smallest absolute Gasteiger partial charge is 0.243 e. The zero-order valence-corrected chi connectivity index (χ0v) is 16.2. The van der Waals surface area contributed by atoms with E-state index in [1.165, 1.54) is 4.31 Å². The quantitative estimate of drug-likeness (QED) is 0.815. The normalized spacial score (nSPS) is 15.6. The van der Waals surface area contributed by atoms with Gasteiger partial charge in [0.25, 0.3) is 0 Å². The second-order valence-corrected chi connectivity index (χ2v) is 9.17. The van der Waals surface area contributed by atoms with E-state index < -0.39 is 10.0 Å². The van der Waals surface area contributed by atoms with Crippen molar-refractivity contribution in [3.63, 3.8) is 0 Å². The van der Waals surface area contributed by atoms with Crippen molar-refractivity contribution in [1.29, 1.82) is 0 Å². The first-order valence-electron chi connectivity index (χ1n) is 8.82. The van der Waals surface area contributed by atoms with E-state index in [1.807, 2.05) is 26.0 Å². The maximum Gasteiger partial charge on any atom is 0.243 e. The molecule has 2 aromatic rings. The number of aromatic nitrogens is 1. The van der Waals surface area contributed by atoms with Crippen LogP contribution in [0.25, 0.3) is 0 Å². The number of hydrogen-bond acceptors (Lipinski definition) is 4. The molecule has 2 heterocycles. The minimum Gasteiger partial charge on any atom is -0.445 e. The molecule has 0 saturated heterocycles. The zero-order valence-electron chi connectivity index (χ0n) is 15.4. The molecule has 3 rings (SSSR count). The minimum absolute atomic E-state index is 0.288. The molecule has 0 radical (unpaired) electrons. The van der Waals surface area contributed by atoms with Crippen LogP contribution in [-0.4, -0.2) is 24.3 Å². The highest BCUT2D eigenvalue weighted by atomic mass is 32.2. The van der Waals surface area contributed by atoms with Crippen LogP contribution < -0.4 is 0 Å². The lowest BCUT2D eigenvalue weighted by atomic mass is 10.1. The number of nitrogens with zero attached hydrogens (tertiary/aromatic N) is 2. The van der Waals surface area contributed by atoms with Crippen molar-refractivity contribution in [1.82, 2.24) is 9.29 Å². The standard InChI is InChI=1S/C19H26N2O3S/c1-13(2)5-8-19-20-16-12-21(10-9-17(16)24-19)25(22,23)18-7-6-14(3)11-15(18)4/h6-7,11,13H,5,8-10,12H2,1-4H3. The van der Waals surface area contributed by atoms with Crippen LogP contribution in [0.3, 0.4) is 0 Å². The van der Waals surface area contributed by atoms with E-state index in [2.05, 4.69) is 18.8 Å². The van der Waals surface area contributed by atoms with E-state index in [1.54, 1.807) is 6.07 Å². The van der Waals surface area contributed by atoms with Crippen molar-refractivity contribution in [3.05, 3.63) is 46.7 Å². The van der Waals surface area contributed by atoms with E-state index in [0.717, 1.165) is 41.3 Å². The third-order valence-corrected chi connectivity index (χ3v) is 6.63. The molecule has 1 aliphatic heterocycles. The van der Waals surface area contributed by atoms with Gasteiger partial charge < -0.3 is 4.42 Å². The Morgan fingerprint density at radius 1 is 1.28 bits per heavy atom. The van der Waals surface area contributed by atoms with Gasteiger partial charge in [-0.05, 0) is 37.8 Å². The topological polar surface area (TPSA) is 63.4 Å². The maximum absolute atomic E-state index is 13.0. The average molecular weight is 362 g/mol. The summed E-state index contributed by atoms with van der Waals surface area (Å²) in [6.07, 6.45) is 2.40. The number of hydrogen-bond donors (Lipinski definition) is 0. The lowest BCUT2D eigenvalue weighted by Crippen LogP contribution is -2.36. The van der Waals surface area contributed by atoms with Crippen LogP contribution in [0, 0.1) is 19.8 Å². The van der Waals surface area contributed by atoms with Crippen LogP contribution in [-0.2, 0) is 29.4 Å². The molecule has 1 aromatic heterocycles. The molecule has 5 nitrogen and oxygen atoms in total. The van der Waals surface area contributed by atoms with Gasteiger partial charge in [0.15, 0.2) is 5.89 Å². The molecule has 0 saturated carbocycles. The summed E-state index contributed by atoms with van der Waals surface area (Å²) in [5, 5.41) is 0. The third-order valence-electron chi connectivity index (χ3n) is 4.62. The molecule has 25 heavy (non-hydrogen) atoms. The van der Waals surface area contributed by atoms with E-state index in [-0.39, 0.29) is 6.54 Å². The second-order valence-electron chi connectivity index (χ2n) is 7.27. The zero-order chi connectivity index (χ0) is 18.2. The Hall–Kier alpha value is -1.66. The predicted molar refractivity (Wildman–Crippen MR) is 96.9 cm³/mol. The number of aryl methyl sites for hydroxylation is 3. The molecule has 0 fully saturated rings. The van der Waals surface area contributed by atoms with E-state index >= 15 is 0 Å². The SMILES string of the molecule is Cc1ccc(S(=O)(=O)N2CCc3oc(CCC(C)C)nc3C2)c(C)c1. The highest BCUT2D eigenvalue weighted by Gasteiger charge is 2.32. The van der Waals surface area contributed by atoms with Crippen LogP contribution in [0.15, 0.2) is 27.5 Å². The lowest BCUT2D eigenvalue weighted by molar-refractivity contribution is 0.354. The van der Waals surface area contributed by atoms with Crippen LogP contribution >= 0.6 is 0 Å². The molecule has 1 aliphatic rings. The van der Waals surface area contributed by atoms with Crippen LogP contribution in [0.5, 0.6) is 0 Å². The number of fused-ring (bicyclic) bond motifs is 1. The highest BCUT2D eigenvalue weighted by molar-refractivity contribution is 7.89. The summed E-state index contributed by atoms with van der Waals surface area (Å²) in [4.78, 5) is 4.92. The van der Waals surface area contributed by atoms with Crippen LogP contribution in [0.4, 0.5) is 0 Å². The summed E-state index contributed by atoms with van der Waals surface area (Å²) in [7, 11) is -3.52. The van der Waals surface area contributed by atoms with Gasteiger partial charge in [0.1, 0.15) is 5.76 Å². The Kier molecular flexibility index (Phi) is 5.02. The number of benzene rings is 1. The Balaban J connectivity index is 1.82. The first-order valence-corrected chi connectivity index (χ1v) is 10.3. The Morgan fingerprint density at radius 3 is 2.72 bits per heavy atom. The summed E-state index contributed by atoms with van der Waals surface area (Å²) in [5.74, 6) is 2.15. The summed E-state index contributed by atoms with van der Waals surface area (Å²) >= 11 is 0. The molecule has 0 bridgehead atoms. The molecule has 0 spiro atoms. The minimum atomic E-state index is -3.52. The van der Waals surface area contributed by atoms with Crippen molar-refractivity contribution in [2.45, 2.75) is 58.4 Å². The molecule has 6 heteroatoms. The molecule has 0 unspecified atom stereocenters. The first-order chi connectivity index (χ1) is 11.8. The fourth-order valence-corrected chi connectivity index (χ4v) is 4.79. The van der Waals surface area contributed by atoms with Crippen LogP contribution in [0.1, 0.15) is 48.7 Å². The van der Waals surface area contributed by atoms with Gasteiger partial charge in [-0.3, -0.25) is 0 Å². The summed E-state index contributed by atoms with van der Waals surface area (Å²) in [5.41, 5.74) is 2.60. The van der Waals surface area contributed by atoms with Gasteiger partial charge in [-0.25, -0.2) is 13.4 Å². The van der Waals surface area contributed by atoms with Gasteiger partial charge in [-0.15, -0.1) is 0 Å². The molecular formula is C19H26N2O3S. The summed E-state index contributed by atoms with van der Waals surface area (Å²) in [6.45, 7) is 8.86. The Morgan fingerprint density at radius 2 is 2.04 bits per heavy atom. The van der Waals surface area contributed by atoms with Gasteiger partial charge in [0.05, 0.1) is 17.1 Å². The highest BCUT2D eigenvalue weighted by Crippen LogP contribution is 2.27.